The van der Waals surface area contributed by atoms with Gasteiger partial charge in [0.15, 0.2) is 5.13 Å². The molecule has 2 aliphatic rings. The van der Waals surface area contributed by atoms with Crippen molar-refractivity contribution in [3.63, 3.8) is 0 Å². The number of aromatic nitrogens is 1. The van der Waals surface area contributed by atoms with Crippen molar-refractivity contribution in [3.8, 4) is 5.75 Å². The highest BCUT2D eigenvalue weighted by atomic mass is 32.1. The van der Waals surface area contributed by atoms with Crippen LogP contribution in [0.25, 0.3) is 16.0 Å². The molecule has 1 aromatic heterocycles. The average molecular weight is 532 g/mol. The van der Waals surface area contributed by atoms with Crippen LogP contribution in [0, 0.1) is 15.9 Å². The number of nitro groups is 1. The number of rotatable bonds is 4. The van der Waals surface area contributed by atoms with Crippen LogP contribution in [-0.2, 0) is 16.0 Å². The second-order valence-electron chi connectivity index (χ2n) is 9.08. The second-order valence-corrected chi connectivity index (χ2v) is 10.1. The van der Waals surface area contributed by atoms with Crippen molar-refractivity contribution in [2.24, 2.45) is 0 Å². The lowest BCUT2D eigenvalue weighted by Gasteiger charge is -2.22. The SMILES string of the molecule is CC1Cc2cc(/C(O)=C3\C(=O)C(=O)N(c4nc5ccc(F)cc5s4)C3c3cccc([N+](=O)[O-])c3)ccc2O1. The number of anilines is 1. The Labute approximate surface area is 218 Å². The van der Waals surface area contributed by atoms with Crippen LogP contribution >= 0.6 is 11.3 Å². The van der Waals surface area contributed by atoms with Crippen molar-refractivity contribution < 1.29 is 28.7 Å². The fraction of sp³-hybridized carbons (Fsp3) is 0.148. The number of hydrogen-bond acceptors (Lipinski definition) is 8. The average Bonchev–Trinajstić information content (AvgIpc) is 3.55. The predicted molar refractivity (Wildman–Crippen MR) is 138 cm³/mol. The van der Waals surface area contributed by atoms with Crippen LogP contribution in [-0.4, -0.2) is 32.8 Å². The van der Waals surface area contributed by atoms with E-state index in [-0.39, 0.29) is 28.1 Å². The lowest BCUT2D eigenvalue weighted by molar-refractivity contribution is -0.384. The first-order chi connectivity index (χ1) is 18.2. The van der Waals surface area contributed by atoms with Gasteiger partial charge in [-0.2, -0.15) is 0 Å². The van der Waals surface area contributed by atoms with E-state index in [1.165, 1.54) is 42.5 Å². The maximum Gasteiger partial charge on any atom is 0.301 e. The molecule has 3 heterocycles. The minimum atomic E-state index is -1.20. The first kappa shape index (κ1) is 23.7. The standard InChI is InChI=1S/C27H18FN3O6S/c1-13-9-16-10-15(5-8-20(16)37-13)24(32)22-23(14-3-2-4-18(11-14)31(35)36)30(26(34)25(22)33)27-29-19-7-6-17(28)12-21(19)38-27/h2-8,10-13,23,32H,9H2,1H3/b24-22+. The van der Waals surface area contributed by atoms with Crippen LogP contribution in [0.1, 0.15) is 29.7 Å². The number of aliphatic hydroxyl groups is 1. The number of non-ortho nitro benzene ring substituents is 1. The molecule has 1 N–H and O–H groups in total. The molecule has 2 atom stereocenters. The zero-order chi connectivity index (χ0) is 26.7. The highest BCUT2D eigenvalue weighted by molar-refractivity contribution is 7.22. The van der Waals surface area contributed by atoms with Gasteiger partial charge in [-0.3, -0.25) is 24.6 Å². The van der Waals surface area contributed by atoms with Crippen molar-refractivity contribution >= 4 is 49.8 Å². The zero-order valence-electron chi connectivity index (χ0n) is 19.8. The molecule has 11 heteroatoms. The second kappa shape index (κ2) is 8.73. The number of aliphatic hydroxyl groups excluding tert-OH is 1. The Morgan fingerprint density at radius 1 is 1.18 bits per heavy atom. The minimum Gasteiger partial charge on any atom is -0.507 e. The van der Waals surface area contributed by atoms with Gasteiger partial charge in [-0.05, 0) is 54.4 Å². The lowest BCUT2D eigenvalue weighted by atomic mass is 9.94. The van der Waals surface area contributed by atoms with Gasteiger partial charge in [0, 0.05) is 24.1 Å². The number of ketones is 1. The summed E-state index contributed by atoms with van der Waals surface area (Å²) in [7, 11) is 0. The number of benzene rings is 3. The molecule has 2 unspecified atom stereocenters. The molecule has 0 spiro atoms. The Morgan fingerprint density at radius 2 is 2.00 bits per heavy atom. The summed E-state index contributed by atoms with van der Waals surface area (Å²) in [6.07, 6.45) is 0.572. The Kier molecular flexibility index (Phi) is 5.46. The monoisotopic (exact) mass is 531 g/mol. The molecule has 0 bridgehead atoms. The van der Waals surface area contributed by atoms with E-state index in [0.717, 1.165) is 21.8 Å². The third-order valence-electron chi connectivity index (χ3n) is 6.56. The molecule has 0 radical (unpaired) electrons. The lowest BCUT2D eigenvalue weighted by Crippen LogP contribution is -2.29. The van der Waals surface area contributed by atoms with Crippen LogP contribution in [0.3, 0.4) is 0 Å². The van der Waals surface area contributed by atoms with Crippen LogP contribution in [0.5, 0.6) is 5.75 Å². The number of Topliss-reactive ketones (excluding diaryl/α,β-unsaturated/α-hetero) is 1. The molecule has 1 amide bonds. The molecule has 3 aromatic carbocycles. The van der Waals surface area contributed by atoms with E-state index in [4.69, 9.17) is 4.74 Å². The van der Waals surface area contributed by atoms with Gasteiger partial charge in [0.2, 0.25) is 0 Å². The normalized spacial score (nSPS) is 20.1. The molecule has 0 aliphatic carbocycles. The number of ether oxygens (including phenoxy) is 1. The Bertz CT molecular complexity index is 1710. The van der Waals surface area contributed by atoms with E-state index in [9.17, 15) is 29.2 Å². The summed E-state index contributed by atoms with van der Waals surface area (Å²) in [4.78, 5) is 43.3. The van der Waals surface area contributed by atoms with Gasteiger partial charge in [-0.1, -0.05) is 23.5 Å². The summed E-state index contributed by atoms with van der Waals surface area (Å²) in [5, 5.41) is 23.0. The van der Waals surface area contributed by atoms with E-state index >= 15 is 0 Å². The van der Waals surface area contributed by atoms with Crippen molar-refractivity contribution in [3.05, 3.63) is 98.9 Å². The quantitative estimate of drug-likeness (QED) is 0.125. The molecule has 1 saturated heterocycles. The number of carbonyl (C=O) groups is 2. The van der Waals surface area contributed by atoms with Crippen molar-refractivity contribution in [1.82, 2.24) is 4.98 Å². The zero-order valence-corrected chi connectivity index (χ0v) is 20.6. The van der Waals surface area contributed by atoms with Crippen LogP contribution in [0.4, 0.5) is 15.2 Å². The van der Waals surface area contributed by atoms with Gasteiger partial charge in [0.1, 0.15) is 23.4 Å². The highest BCUT2D eigenvalue weighted by Crippen LogP contribution is 2.45. The summed E-state index contributed by atoms with van der Waals surface area (Å²) in [6, 6.07) is 13.2. The fourth-order valence-corrected chi connectivity index (χ4v) is 5.88. The van der Waals surface area contributed by atoms with Gasteiger partial charge < -0.3 is 9.84 Å². The molecule has 190 valence electrons. The molecule has 0 saturated carbocycles. The van der Waals surface area contributed by atoms with Gasteiger partial charge in [0.05, 0.1) is 26.8 Å². The fourth-order valence-electron chi connectivity index (χ4n) is 4.87. The van der Waals surface area contributed by atoms with Gasteiger partial charge in [0.25, 0.3) is 11.5 Å². The molecule has 4 aromatic rings. The van der Waals surface area contributed by atoms with Crippen LogP contribution < -0.4 is 9.64 Å². The van der Waals surface area contributed by atoms with Gasteiger partial charge >= 0.3 is 5.91 Å². The summed E-state index contributed by atoms with van der Waals surface area (Å²) in [5.41, 5.74) is 1.33. The number of fused-ring (bicyclic) bond motifs is 2. The van der Waals surface area contributed by atoms with E-state index in [2.05, 4.69) is 4.98 Å². The summed E-state index contributed by atoms with van der Waals surface area (Å²) < 4.78 is 20.0. The number of thiazole rings is 1. The predicted octanol–water partition coefficient (Wildman–Crippen LogP) is 5.29. The molecule has 38 heavy (non-hydrogen) atoms. The Morgan fingerprint density at radius 3 is 2.79 bits per heavy atom. The van der Waals surface area contributed by atoms with Crippen molar-refractivity contribution in [2.75, 3.05) is 4.90 Å². The third kappa shape index (κ3) is 3.79. The molecule has 9 nitrogen and oxygen atoms in total. The number of nitrogens with zero attached hydrogens (tertiary/aromatic N) is 3. The summed E-state index contributed by atoms with van der Waals surface area (Å²) in [6.45, 7) is 1.91. The first-order valence-corrected chi connectivity index (χ1v) is 12.4. The summed E-state index contributed by atoms with van der Waals surface area (Å²) in [5.74, 6) is -2.15. The number of hydrogen-bond donors (Lipinski definition) is 1. The Hall–Kier alpha value is -4.64. The van der Waals surface area contributed by atoms with Crippen molar-refractivity contribution in [1.29, 1.82) is 0 Å². The minimum absolute atomic E-state index is 0.0401. The molecule has 2 aliphatic heterocycles. The highest BCUT2D eigenvalue weighted by Gasteiger charge is 2.48. The molecular formula is C27H18FN3O6S. The topological polar surface area (TPSA) is 123 Å². The number of amides is 1. The Balaban J connectivity index is 1.56. The van der Waals surface area contributed by atoms with E-state index in [1.807, 2.05) is 6.92 Å². The van der Waals surface area contributed by atoms with E-state index < -0.39 is 34.2 Å². The number of nitro benzene ring substituents is 1. The van der Waals surface area contributed by atoms with Crippen LogP contribution in [0.15, 0.2) is 66.2 Å². The summed E-state index contributed by atoms with van der Waals surface area (Å²) >= 11 is 0.997. The van der Waals surface area contributed by atoms with E-state index in [1.54, 1.807) is 18.2 Å². The largest absolute Gasteiger partial charge is 0.507 e. The number of halogens is 1. The maximum absolute atomic E-state index is 13.8. The number of carbonyl (C=O) groups excluding carboxylic acids is 2. The van der Waals surface area contributed by atoms with Crippen molar-refractivity contribution in [2.45, 2.75) is 25.5 Å². The van der Waals surface area contributed by atoms with Crippen LogP contribution in [0.2, 0.25) is 0 Å². The van der Waals surface area contributed by atoms with Gasteiger partial charge in [-0.15, -0.1) is 0 Å². The molecular weight excluding hydrogens is 513 g/mol. The third-order valence-corrected chi connectivity index (χ3v) is 7.57. The smallest absolute Gasteiger partial charge is 0.301 e. The first-order valence-electron chi connectivity index (χ1n) is 11.6. The molecule has 6 rings (SSSR count). The van der Waals surface area contributed by atoms with Gasteiger partial charge in [-0.25, -0.2) is 9.37 Å². The van der Waals surface area contributed by atoms with E-state index in [0.29, 0.717) is 28.0 Å². The molecule has 1 fully saturated rings. The maximum atomic E-state index is 13.8.